The highest BCUT2D eigenvalue weighted by molar-refractivity contribution is 5.87. The molecule has 0 spiro atoms. The third-order valence-corrected chi connectivity index (χ3v) is 7.87. The largest absolute Gasteiger partial charge is 0.497 e. The van der Waals surface area contributed by atoms with Crippen LogP contribution in [0.2, 0.25) is 0 Å². The molecule has 44 heavy (non-hydrogen) atoms. The van der Waals surface area contributed by atoms with Gasteiger partial charge in [0.05, 0.1) is 7.11 Å². The average molecular weight is 582 g/mol. The van der Waals surface area contributed by atoms with Crippen LogP contribution in [0.4, 0.5) is 0 Å². The van der Waals surface area contributed by atoms with Crippen molar-refractivity contribution in [2.45, 2.75) is 32.0 Å². The van der Waals surface area contributed by atoms with Gasteiger partial charge in [-0.2, -0.15) is 0 Å². The number of aromatic nitrogens is 2. The summed E-state index contributed by atoms with van der Waals surface area (Å²) in [7, 11) is 1.68. The van der Waals surface area contributed by atoms with Gasteiger partial charge in [0, 0.05) is 54.9 Å². The van der Waals surface area contributed by atoms with E-state index in [0.717, 1.165) is 44.7 Å². The summed E-state index contributed by atoms with van der Waals surface area (Å²) in [6.45, 7) is 1.66. The second-order valence-electron chi connectivity index (χ2n) is 10.8. The molecule has 6 heteroatoms. The van der Waals surface area contributed by atoms with Crippen LogP contribution in [0.1, 0.15) is 40.2 Å². The van der Waals surface area contributed by atoms with Gasteiger partial charge in [0.2, 0.25) is 5.91 Å². The number of para-hydroxylation sites is 1. The number of methoxy groups -OCH3 is 1. The zero-order valence-corrected chi connectivity index (χ0v) is 24.7. The van der Waals surface area contributed by atoms with Crippen LogP contribution in [-0.2, 0) is 24.5 Å². The second-order valence-corrected chi connectivity index (χ2v) is 10.8. The molecule has 0 aliphatic carbocycles. The summed E-state index contributed by atoms with van der Waals surface area (Å²) in [5.41, 5.74) is 6.61. The van der Waals surface area contributed by atoms with Crippen molar-refractivity contribution in [2.75, 3.05) is 7.11 Å². The van der Waals surface area contributed by atoms with Crippen LogP contribution in [0.3, 0.4) is 0 Å². The van der Waals surface area contributed by atoms with Crippen molar-refractivity contribution >= 4 is 16.8 Å². The van der Waals surface area contributed by atoms with Crippen LogP contribution in [0.15, 0.2) is 134 Å². The lowest BCUT2D eigenvalue weighted by atomic mass is 9.88. The van der Waals surface area contributed by atoms with Crippen LogP contribution in [0, 0.1) is 0 Å². The third-order valence-electron chi connectivity index (χ3n) is 7.87. The van der Waals surface area contributed by atoms with Gasteiger partial charge in [-0.3, -0.25) is 9.78 Å². The molecule has 0 aliphatic rings. The Morgan fingerprint density at radius 2 is 1.48 bits per heavy atom. The number of carbonyl (C=O) groups excluding carboxylic acids is 1. The van der Waals surface area contributed by atoms with Crippen molar-refractivity contribution in [2.24, 2.45) is 0 Å². The molecule has 0 saturated carbocycles. The number of pyridine rings is 1. The Hall–Kier alpha value is -5.36. The molecule has 220 valence electrons. The Kier molecular flexibility index (Phi) is 8.98. The van der Waals surface area contributed by atoms with Crippen LogP contribution in [0.5, 0.6) is 11.5 Å². The molecule has 2 aromatic heterocycles. The topological polar surface area (TPSA) is 65.4 Å². The van der Waals surface area contributed by atoms with Crippen molar-refractivity contribution in [3.8, 4) is 11.5 Å². The molecule has 2 heterocycles. The first-order chi connectivity index (χ1) is 21.7. The monoisotopic (exact) mass is 581 g/mol. The van der Waals surface area contributed by atoms with Gasteiger partial charge in [-0.15, -0.1) is 0 Å². The average Bonchev–Trinajstić information content (AvgIpc) is 3.44. The Labute approximate surface area is 257 Å². The lowest BCUT2D eigenvalue weighted by Crippen LogP contribution is -2.25. The summed E-state index contributed by atoms with van der Waals surface area (Å²) in [4.78, 5) is 17.5. The van der Waals surface area contributed by atoms with E-state index in [9.17, 15) is 4.79 Å². The number of amides is 1. The van der Waals surface area contributed by atoms with Crippen LogP contribution < -0.4 is 14.8 Å². The smallest absolute Gasteiger partial charge is 0.221 e. The van der Waals surface area contributed by atoms with Crippen molar-refractivity contribution < 1.29 is 14.3 Å². The maximum Gasteiger partial charge on any atom is 0.221 e. The minimum Gasteiger partial charge on any atom is -0.497 e. The maximum absolute atomic E-state index is 13.4. The van der Waals surface area contributed by atoms with Gasteiger partial charge >= 0.3 is 0 Å². The van der Waals surface area contributed by atoms with Crippen molar-refractivity contribution in [1.82, 2.24) is 14.9 Å². The minimum atomic E-state index is -0.155. The van der Waals surface area contributed by atoms with Gasteiger partial charge in [0.25, 0.3) is 0 Å². The van der Waals surface area contributed by atoms with Gasteiger partial charge in [-0.05, 0) is 70.3 Å². The van der Waals surface area contributed by atoms with E-state index in [1.807, 2.05) is 54.6 Å². The van der Waals surface area contributed by atoms with E-state index < -0.39 is 0 Å². The SMILES string of the molecule is COc1ccc(Cn2cc([C@@H](CC(=O)NCc3ccncc3)c3ccc(OCc4ccccc4)cc3)c3ccccc32)cc1. The number of rotatable bonds is 12. The standard InChI is InChI=1S/C38H35N3O3/c1-43-32-15-11-29(12-16-32)25-41-26-36(34-9-5-6-10-37(34)41)35(23-38(42)40-24-28-19-21-39-22-20-28)31-13-17-33(18-14-31)44-27-30-7-3-2-4-8-30/h2-22,26,35H,23-25,27H2,1H3,(H,40,42)/t35-/m0/s1. The maximum atomic E-state index is 13.4. The number of nitrogens with zero attached hydrogens (tertiary/aromatic N) is 2. The molecule has 0 aliphatic heterocycles. The van der Waals surface area contributed by atoms with E-state index in [1.165, 1.54) is 5.56 Å². The Morgan fingerprint density at radius 1 is 0.773 bits per heavy atom. The molecular formula is C38H35N3O3. The van der Waals surface area contributed by atoms with Crippen molar-refractivity contribution in [1.29, 1.82) is 0 Å². The molecule has 6 nitrogen and oxygen atoms in total. The molecule has 1 N–H and O–H groups in total. The quantitative estimate of drug-likeness (QED) is 0.162. The first kappa shape index (κ1) is 28.7. The van der Waals surface area contributed by atoms with E-state index in [1.54, 1.807) is 19.5 Å². The highest BCUT2D eigenvalue weighted by atomic mass is 16.5. The Bertz CT molecular complexity index is 1800. The molecule has 0 fully saturated rings. The molecule has 0 unspecified atom stereocenters. The van der Waals surface area contributed by atoms with Gasteiger partial charge in [0.1, 0.15) is 18.1 Å². The fraction of sp³-hybridized carbons (Fsp3) is 0.158. The fourth-order valence-electron chi connectivity index (χ4n) is 5.51. The number of hydrogen-bond donors (Lipinski definition) is 1. The zero-order valence-electron chi connectivity index (χ0n) is 24.7. The van der Waals surface area contributed by atoms with E-state index in [2.05, 4.69) is 81.7 Å². The lowest BCUT2D eigenvalue weighted by Gasteiger charge is -2.18. The highest BCUT2D eigenvalue weighted by Gasteiger charge is 2.23. The summed E-state index contributed by atoms with van der Waals surface area (Å²) in [5, 5.41) is 4.25. The molecule has 6 aromatic rings. The predicted octanol–water partition coefficient (Wildman–Crippen LogP) is 7.51. The third kappa shape index (κ3) is 6.98. The number of carbonyl (C=O) groups is 1. The summed E-state index contributed by atoms with van der Waals surface area (Å²) < 4.78 is 13.7. The van der Waals surface area contributed by atoms with E-state index in [-0.39, 0.29) is 11.8 Å². The van der Waals surface area contributed by atoms with Gasteiger partial charge < -0.3 is 19.4 Å². The summed E-state index contributed by atoms with van der Waals surface area (Å²) in [6, 6.07) is 38.7. The van der Waals surface area contributed by atoms with Gasteiger partial charge in [-0.1, -0.05) is 72.8 Å². The second kappa shape index (κ2) is 13.7. The van der Waals surface area contributed by atoms with E-state index in [0.29, 0.717) is 26.1 Å². The Morgan fingerprint density at radius 3 is 2.23 bits per heavy atom. The van der Waals surface area contributed by atoms with Crippen LogP contribution in [-0.4, -0.2) is 22.6 Å². The predicted molar refractivity (Wildman–Crippen MR) is 174 cm³/mol. The molecule has 1 atom stereocenters. The number of nitrogens with one attached hydrogen (secondary N) is 1. The van der Waals surface area contributed by atoms with Crippen molar-refractivity contribution in [3.63, 3.8) is 0 Å². The molecule has 0 saturated heterocycles. The molecule has 0 radical (unpaired) electrons. The summed E-state index contributed by atoms with van der Waals surface area (Å²) in [5.74, 6) is 1.46. The number of benzene rings is 4. The fourth-order valence-corrected chi connectivity index (χ4v) is 5.51. The molecule has 6 rings (SSSR count). The van der Waals surface area contributed by atoms with E-state index >= 15 is 0 Å². The summed E-state index contributed by atoms with van der Waals surface area (Å²) >= 11 is 0. The molecule has 0 bridgehead atoms. The van der Waals surface area contributed by atoms with Crippen molar-refractivity contribution in [3.05, 3.63) is 162 Å². The van der Waals surface area contributed by atoms with E-state index in [4.69, 9.17) is 9.47 Å². The number of fused-ring (bicyclic) bond motifs is 1. The first-order valence-electron chi connectivity index (χ1n) is 14.8. The number of ether oxygens (including phenoxy) is 2. The van der Waals surface area contributed by atoms with Gasteiger partial charge in [-0.25, -0.2) is 0 Å². The zero-order chi connectivity index (χ0) is 30.1. The van der Waals surface area contributed by atoms with Gasteiger partial charge in [0.15, 0.2) is 0 Å². The minimum absolute atomic E-state index is 0.0109. The van der Waals surface area contributed by atoms with Crippen LogP contribution in [0.25, 0.3) is 10.9 Å². The molecular weight excluding hydrogens is 546 g/mol. The summed E-state index contributed by atoms with van der Waals surface area (Å²) in [6.07, 6.45) is 5.99. The first-order valence-corrected chi connectivity index (χ1v) is 14.8. The lowest BCUT2D eigenvalue weighted by molar-refractivity contribution is -0.121. The molecule has 4 aromatic carbocycles. The molecule has 1 amide bonds. The Balaban J connectivity index is 1.29. The number of hydrogen-bond acceptors (Lipinski definition) is 4. The highest BCUT2D eigenvalue weighted by Crippen LogP contribution is 2.36. The van der Waals surface area contributed by atoms with Crippen LogP contribution >= 0.6 is 0 Å². The normalized spacial score (nSPS) is 11.7.